The van der Waals surface area contributed by atoms with Crippen molar-refractivity contribution in [2.45, 2.75) is 44.9 Å². The molecule has 1 aliphatic heterocycles. The van der Waals surface area contributed by atoms with Crippen molar-refractivity contribution in [1.82, 2.24) is 0 Å². The van der Waals surface area contributed by atoms with E-state index in [1.54, 1.807) is 0 Å². The van der Waals surface area contributed by atoms with E-state index in [2.05, 4.69) is 16.3 Å². The number of aliphatic hydroxyl groups excluding tert-OH is 1. The molecule has 2 N–H and O–H groups in total. The molecule has 1 aromatic rings. The smallest absolute Gasteiger partial charge is 0.227 e. The van der Waals surface area contributed by atoms with E-state index >= 15 is 0 Å². The van der Waals surface area contributed by atoms with E-state index in [0.29, 0.717) is 5.92 Å². The number of benzene rings is 1. The highest BCUT2D eigenvalue weighted by molar-refractivity contribution is 5.95. The zero-order chi connectivity index (χ0) is 16.1. The van der Waals surface area contributed by atoms with Crippen molar-refractivity contribution in [2.75, 3.05) is 29.9 Å². The zero-order valence-corrected chi connectivity index (χ0v) is 13.8. The molecule has 2 aliphatic rings. The van der Waals surface area contributed by atoms with Crippen LogP contribution in [0.3, 0.4) is 0 Å². The molecule has 0 aromatic heterocycles. The van der Waals surface area contributed by atoms with Crippen LogP contribution in [-0.2, 0) is 4.79 Å². The monoisotopic (exact) mass is 316 g/mol. The molecule has 0 bridgehead atoms. The molecule has 1 aromatic carbocycles. The van der Waals surface area contributed by atoms with Gasteiger partial charge in [0.25, 0.3) is 0 Å². The summed E-state index contributed by atoms with van der Waals surface area (Å²) in [5, 5.41) is 12.5. The lowest BCUT2D eigenvalue weighted by Crippen LogP contribution is -2.35. The van der Waals surface area contributed by atoms with E-state index < -0.39 is 0 Å². The van der Waals surface area contributed by atoms with E-state index in [0.717, 1.165) is 50.1 Å². The van der Waals surface area contributed by atoms with Crippen LogP contribution in [-0.4, -0.2) is 30.7 Å². The summed E-state index contributed by atoms with van der Waals surface area (Å²) >= 11 is 0. The number of aliphatic hydroxyl groups is 1. The molecular weight excluding hydrogens is 288 g/mol. The number of nitrogens with zero attached hydrogens (tertiary/aromatic N) is 1. The first kappa shape index (κ1) is 16.3. The van der Waals surface area contributed by atoms with Crippen molar-refractivity contribution in [3.8, 4) is 0 Å². The van der Waals surface area contributed by atoms with Crippen LogP contribution in [0.1, 0.15) is 44.9 Å². The maximum Gasteiger partial charge on any atom is 0.227 e. The number of piperidine rings is 1. The molecular formula is C19H28N2O2. The summed E-state index contributed by atoms with van der Waals surface area (Å²) in [5.41, 5.74) is 2.05. The second-order valence-corrected chi connectivity index (χ2v) is 6.95. The van der Waals surface area contributed by atoms with E-state index in [1.165, 1.54) is 19.3 Å². The minimum absolute atomic E-state index is 0.178. The molecule has 4 nitrogen and oxygen atoms in total. The van der Waals surface area contributed by atoms with Crippen molar-refractivity contribution >= 4 is 17.3 Å². The molecule has 1 saturated carbocycles. The summed E-state index contributed by atoms with van der Waals surface area (Å²) in [5.74, 6) is 0.787. The third-order valence-electron chi connectivity index (χ3n) is 5.35. The molecule has 1 heterocycles. The van der Waals surface area contributed by atoms with Gasteiger partial charge in [0.05, 0.1) is 11.4 Å². The highest BCUT2D eigenvalue weighted by Crippen LogP contribution is 2.31. The molecule has 1 aliphatic carbocycles. The number of rotatable bonds is 4. The van der Waals surface area contributed by atoms with Gasteiger partial charge in [0.2, 0.25) is 5.91 Å². The predicted octanol–water partition coefficient (Wildman–Crippen LogP) is 3.41. The SMILES string of the molecule is O=C(Nc1ccccc1N1CCC(CO)CC1)C1CCCCC1. The van der Waals surface area contributed by atoms with Crippen molar-refractivity contribution in [2.24, 2.45) is 11.8 Å². The lowest BCUT2D eigenvalue weighted by atomic mass is 9.88. The maximum atomic E-state index is 12.5. The average Bonchev–Trinajstić information content (AvgIpc) is 2.63. The second kappa shape index (κ2) is 7.82. The number of anilines is 2. The fourth-order valence-corrected chi connectivity index (χ4v) is 3.81. The number of hydrogen-bond acceptors (Lipinski definition) is 3. The topological polar surface area (TPSA) is 52.6 Å². The Hall–Kier alpha value is -1.55. The molecule has 3 rings (SSSR count). The summed E-state index contributed by atoms with van der Waals surface area (Å²) in [4.78, 5) is 14.9. The lowest BCUT2D eigenvalue weighted by molar-refractivity contribution is -0.120. The van der Waals surface area contributed by atoms with Gasteiger partial charge in [-0.05, 0) is 43.7 Å². The van der Waals surface area contributed by atoms with Crippen molar-refractivity contribution in [3.05, 3.63) is 24.3 Å². The maximum absolute atomic E-state index is 12.5. The number of carbonyl (C=O) groups is 1. The van der Waals surface area contributed by atoms with Crippen LogP contribution in [0.2, 0.25) is 0 Å². The van der Waals surface area contributed by atoms with Crippen LogP contribution in [0.5, 0.6) is 0 Å². The van der Waals surface area contributed by atoms with Gasteiger partial charge in [0.1, 0.15) is 0 Å². The van der Waals surface area contributed by atoms with Crippen molar-refractivity contribution < 1.29 is 9.90 Å². The van der Waals surface area contributed by atoms with E-state index in [4.69, 9.17) is 0 Å². The first-order valence-electron chi connectivity index (χ1n) is 9.03. The largest absolute Gasteiger partial charge is 0.396 e. The molecule has 2 fully saturated rings. The van der Waals surface area contributed by atoms with Crippen molar-refractivity contribution in [3.63, 3.8) is 0 Å². The van der Waals surface area contributed by atoms with Crippen LogP contribution >= 0.6 is 0 Å². The molecule has 1 saturated heterocycles. The van der Waals surface area contributed by atoms with Gasteiger partial charge in [0, 0.05) is 25.6 Å². The fourth-order valence-electron chi connectivity index (χ4n) is 3.81. The van der Waals surface area contributed by atoms with Crippen LogP contribution in [0.4, 0.5) is 11.4 Å². The summed E-state index contributed by atoms with van der Waals surface area (Å²) < 4.78 is 0. The standard InChI is InChI=1S/C19H28N2O2/c22-14-15-10-12-21(13-11-15)18-9-5-4-8-17(18)20-19(23)16-6-2-1-3-7-16/h4-5,8-9,15-16,22H,1-3,6-7,10-14H2,(H,20,23). The Balaban J connectivity index is 1.67. The van der Waals surface area contributed by atoms with Gasteiger partial charge in [-0.1, -0.05) is 31.4 Å². The van der Waals surface area contributed by atoms with Crippen LogP contribution < -0.4 is 10.2 Å². The van der Waals surface area contributed by atoms with Gasteiger partial charge in [-0.2, -0.15) is 0 Å². The van der Waals surface area contributed by atoms with Crippen LogP contribution in [0.25, 0.3) is 0 Å². The first-order valence-corrected chi connectivity index (χ1v) is 9.03. The summed E-state index contributed by atoms with van der Waals surface area (Å²) in [6.07, 6.45) is 7.69. The Bertz CT molecular complexity index is 518. The Morgan fingerprint density at radius 1 is 1.09 bits per heavy atom. The third kappa shape index (κ3) is 4.05. The second-order valence-electron chi connectivity index (χ2n) is 6.95. The Morgan fingerprint density at radius 3 is 2.48 bits per heavy atom. The van der Waals surface area contributed by atoms with E-state index in [1.807, 2.05) is 18.2 Å². The Labute approximate surface area is 138 Å². The molecule has 1 amide bonds. The average molecular weight is 316 g/mol. The summed E-state index contributed by atoms with van der Waals surface area (Å²) in [6.45, 7) is 2.18. The van der Waals surface area contributed by atoms with Crippen LogP contribution in [0.15, 0.2) is 24.3 Å². The predicted molar refractivity (Wildman–Crippen MR) is 93.7 cm³/mol. The zero-order valence-electron chi connectivity index (χ0n) is 13.8. The number of para-hydroxylation sites is 2. The molecule has 4 heteroatoms. The van der Waals surface area contributed by atoms with E-state index in [9.17, 15) is 9.90 Å². The molecule has 126 valence electrons. The quantitative estimate of drug-likeness (QED) is 0.895. The minimum Gasteiger partial charge on any atom is -0.396 e. The summed E-state index contributed by atoms with van der Waals surface area (Å²) in [7, 11) is 0. The Kier molecular flexibility index (Phi) is 5.55. The first-order chi connectivity index (χ1) is 11.3. The molecule has 0 unspecified atom stereocenters. The number of carbonyl (C=O) groups excluding carboxylic acids is 1. The van der Waals surface area contributed by atoms with Gasteiger partial charge in [0.15, 0.2) is 0 Å². The Morgan fingerprint density at radius 2 is 1.78 bits per heavy atom. The third-order valence-corrected chi connectivity index (χ3v) is 5.35. The van der Waals surface area contributed by atoms with Gasteiger partial charge < -0.3 is 15.3 Å². The van der Waals surface area contributed by atoms with Crippen LogP contribution in [0, 0.1) is 11.8 Å². The highest BCUT2D eigenvalue weighted by Gasteiger charge is 2.24. The number of hydrogen-bond donors (Lipinski definition) is 2. The fraction of sp³-hybridized carbons (Fsp3) is 0.632. The van der Waals surface area contributed by atoms with Crippen molar-refractivity contribution in [1.29, 1.82) is 0 Å². The molecule has 0 spiro atoms. The van der Waals surface area contributed by atoms with Gasteiger partial charge >= 0.3 is 0 Å². The minimum atomic E-state index is 0.178. The lowest BCUT2D eigenvalue weighted by Gasteiger charge is -2.34. The van der Waals surface area contributed by atoms with Gasteiger partial charge in [-0.15, -0.1) is 0 Å². The highest BCUT2D eigenvalue weighted by atomic mass is 16.3. The molecule has 0 radical (unpaired) electrons. The summed E-state index contributed by atoms with van der Waals surface area (Å²) in [6, 6.07) is 8.12. The molecule has 0 atom stereocenters. The van der Waals surface area contributed by atoms with Gasteiger partial charge in [-0.25, -0.2) is 0 Å². The number of amides is 1. The molecule has 23 heavy (non-hydrogen) atoms. The van der Waals surface area contributed by atoms with E-state index in [-0.39, 0.29) is 18.4 Å². The van der Waals surface area contributed by atoms with Gasteiger partial charge in [-0.3, -0.25) is 4.79 Å². The normalized spacial score (nSPS) is 20.5. The number of nitrogens with one attached hydrogen (secondary N) is 1.